The molecule has 2 aromatic carbocycles. The van der Waals surface area contributed by atoms with Gasteiger partial charge in [0.15, 0.2) is 5.60 Å². The van der Waals surface area contributed by atoms with Crippen molar-refractivity contribution in [1.29, 1.82) is 0 Å². The van der Waals surface area contributed by atoms with Crippen LogP contribution in [0.1, 0.15) is 48.8 Å². The Kier molecular flexibility index (Phi) is 7.25. The quantitative estimate of drug-likeness (QED) is 0.553. The smallest absolute Gasteiger partial charge is 0.380 e. The van der Waals surface area contributed by atoms with Crippen LogP contribution in [0.15, 0.2) is 48.5 Å². The van der Waals surface area contributed by atoms with Crippen LogP contribution in [0.2, 0.25) is 0 Å². The largest absolute Gasteiger partial charge is 0.417 e. The summed E-state index contributed by atoms with van der Waals surface area (Å²) in [6.45, 7) is 2.30. The highest BCUT2D eigenvalue weighted by atomic mass is 19.4. The molecule has 1 atom stereocenters. The van der Waals surface area contributed by atoms with Crippen molar-refractivity contribution in [2.24, 2.45) is 0 Å². The summed E-state index contributed by atoms with van der Waals surface area (Å²) in [7, 11) is 0. The predicted octanol–water partition coefficient (Wildman–Crippen LogP) is 4.67. The third kappa shape index (κ3) is 5.38. The molecule has 2 aliphatic rings. The Balaban J connectivity index is 1.48. The second-order valence-corrected chi connectivity index (χ2v) is 10.1. The molecule has 0 spiro atoms. The maximum absolute atomic E-state index is 13.8. The third-order valence-electron chi connectivity index (χ3n) is 7.77. The Morgan fingerprint density at radius 3 is 2.29 bits per heavy atom. The summed E-state index contributed by atoms with van der Waals surface area (Å²) in [5, 5.41) is 13.1. The van der Waals surface area contributed by atoms with E-state index in [1.165, 1.54) is 12.1 Å². The molecule has 0 aromatic heterocycles. The zero-order valence-corrected chi connectivity index (χ0v) is 19.9. The zero-order chi connectivity index (χ0) is 25.3. The molecule has 1 aliphatic heterocycles. The monoisotopic (exact) mass is 492 g/mol. The standard InChI is InChI=1S/C27H32F4N2O2/c1-19-6-8-21(9-7-19)25(10-3-11-25)24(34)32-18-23(17-20-4-2-5-22(28)16-20)33-14-12-26(35,13-15-33)27(29,30)31/h2,4-9,16,23,35H,3,10-15,17-18H2,1H3,(H,32,34)/t23-/m1/s1. The topological polar surface area (TPSA) is 52.6 Å². The number of halogens is 4. The Morgan fingerprint density at radius 2 is 1.74 bits per heavy atom. The predicted molar refractivity (Wildman–Crippen MR) is 125 cm³/mol. The maximum atomic E-state index is 13.8. The number of hydrogen-bond donors (Lipinski definition) is 2. The minimum Gasteiger partial charge on any atom is -0.380 e. The van der Waals surface area contributed by atoms with Gasteiger partial charge in [-0.05, 0) is 62.3 Å². The molecular weight excluding hydrogens is 460 g/mol. The van der Waals surface area contributed by atoms with Crippen LogP contribution in [0.25, 0.3) is 0 Å². The number of aryl methyl sites for hydroxylation is 1. The summed E-state index contributed by atoms with van der Waals surface area (Å²) in [4.78, 5) is 15.2. The van der Waals surface area contributed by atoms with Crippen LogP contribution in [0, 0.1) is 12.7 Å². The highest BCUT2D eigenvalue weighted by Crippen LogP contribution is 2.44. The SMILES string of the molecule is Cc1ccc(C2(C(=O)NC[C@@H](Cc3cccc(F)c3)N3CCC(O)(C(F)(F)F)CC3)CCC2)cc1. The minimum atomic E-state index is -4.68. The highest BCUT2D eigenvalue weighted by Gasteiger charge is 2.55. The number of carbonyl (C=O) groups excluding carboxylic acids is 1. The average Bonchev–Trinajstić information content (AvgIpc) is 2.77. The number of aliphatic hydroxyl groups is 1. The molecule has 1 amide bonds. The number of likely N-dealkylation sites (tertiary alicyclic amines) is 1. The van der Waals surface area contributed by atoms with Gasteiger partial charge in [-0.15, -0.1) is 0 Å². The lowest BCUT2D eigenvalue weighted by Crippen LogP contribution is -2.58. The molecule has 2 fully saturated rings. The fourth-order valence-corrected chi connectivity index (χ4v) is 5.24. The Morgan fingerprint density at radius 1 is 1.09 bits per heavy atom. The first-order valence-corrected chi connectivity index (χ1v) is 12.2. The lowest BCUT2D eigenvalue weighted by molar-refractivity contribution is -0.273. The van der Waals surface area contributed by atoms with E-state index in [1.807, 2.05) is 36.1 Å². The molecular formula is C27H32F4N2O2. The highest BCUT2D eigenvalue weighted by molar-refractivity contribution is 5.89. The molecule has 190 valence electrons. The van der Waals surface area contributed by atoms with Crippen LogP contribution in [0.3, 0.4) is 0 Å². The normalized spacial score (nSPS) is 20.6. The van der Waals surface area contributed by atoms with E-state index in [0.717, 1.165) is 30.4 Å². The first-order valence-electron chi connectivity index (χ1n) is 12.2. The number of nitrogens with one attached hydrogen (secondary N) is 1. The number of piperidine rings is 1. The molecule has 4 rings (SSSR count). The van der Waals surface area contributed by atoms with Crippen molar-refractivity contribution in [2.45, 2.75) is 68.7 Å². The van der Waals surface area contributed by atoms with Gasteiger partial charge in [0.25, 0.3) is 0 Å². The van der Waals surface area contributed by atoms with Gasteiger partial charge in [0.1, 0.15) is 5.82 Å². The van der Waals surface area contributed by atoms with Crippen LogP contribution in [-0.4, -0.2) is 53.4 Å². The molecule has 0 unspecified atom stereocenters. The van der Waals surface area contributed by atoms with E-state index in [1.54, 1.807) is 12.1 Å². The summed E-state index contributed by atoms with van der Waals surface area (Å²) < 4.78 is 53.7. The van der Waals surface area contributed by atoms with Crippen molar-refractivity contribution >= 4 is 5.91 Å². The first-order chi connectivity index (χ1) is 16.5. The number of rotatable bonds is 7. The Labute approximate surface area is 203 Å². The fourth-order valence-electron chi connectivity index (χ4n) is 5.24. The van der Waals surface area contributed by atoms with Gasteiger partial charge in [0.2, 0.25) is 5.91 Å². The first kappa shape index (κ1) is 25.6. The second-order valence-electron chi connectivity index (χ2n) is 10.1. The molecule has 2 N–H and O–H groups in total. The summed E-state index contributed by atoms with van der Waals surface area (Å²) in [5.41, 5.74) is -0.491. The molecule has 1 heterocycles. The van der Waals surface area contributed by atoms with E-state index in [4.69, 9.17) is 0 Å². The van der Waals surface area contributed by atoms with Crippen LogP contribution < -0.4 is 5.32 Å². The van der Waals surface area contributed by atoms with Gasteiger partial charge in [-0.2, -0.15) is 13.2 Å². The van der Waals surface area contributed by atoms with Gasteiger partial charge < -0.3 is 10.4 Å². The van der Waals surface area contributed by atoms with Crippen molar-refractivity contribution in [3.8, 4) is 0 Å². The van der Waals surface area contributed by atoms with Crippen LogP contribution >= 0.6 is 0 Å². The summed E-state index contributed by atoms with van der Waals surface area (Å²) in [6, 6.07) is 13.7. The van der Waals surface area contributed by atoms with Gasteiger partial charge >= 0.3 is 6.18 Å². The maximum Gasteiger partial charge on any atom is 0.417 e. The van der Waals surface area contributed by atoms with Crippen molar-refractivity contribution in [2.75, 3.05) is 19.6 Å². The summed E-state index contributed by atoms with van der Waals surface area (Å²) in [6.07, 6.45) is -2.72. The van der Waals surface area contributed by atoms with Gasteiger partial charge in [-0.25, -0.2) is 4.39 Å². The van der Waals surface area contributed by atoms with Crippen molar-refractivity contribution in [1.82, 2.24) is 10.2 Å². The Hall–Kier alpha value is -2.45. The number of nitrogens with zero attached hydrogens (tertiary/aromatic N) is 1. The van der Waals surface area contributed by atoms with Gasteiger partial charge in [0.05, 0.1) is 5.41 Å². The molecule has 4 nitrogen and oxygen atoms in total. The van der Waals surface area contributed by atoms with Crippen molar-refractivity contribution in [3.63, 3.8) is 0 Å². The van der Waals surface area contributed by atoms with E-state index in [-0.39, 0.29) is 37.4 Å². The fraction of sp³-hybridized carbons (Fsp3) is 0.519. The van der Waals surface area contributed by atoms with E-state index in [9.17, 15) is 27.5 Å². The number of hydrogen-bond acceptors (Lipinski definition) is 3. The Bertz CT molecular complexity index is 1030. The number of amides is 1. The molecule has 1 aliphatic carbocycles. The lowest BCUT2D eigenvalue weighted by Gasteiger charge is -2.44. The molecule has 0 radical (unpaired) electrons. The average molecular weight is 493 g/mol. The number of carbonyl (C=O) groups is 1. The van der Waals surface area contributed by atoms with E-state index >= 15 is 0 Å². The third-order valence-corrected chi connectivity index (χ3v) is 7.77. The molecule has 8 heteroatoms. The summed E-state index contributed by atoms with van der Waals surface area (Å²) in [5.74, 6) is -0.469. The second kappa shape index (κ2) is 9.90. The number of benzene rings is 2. The van der Waals surface area contributed by atoms with Crippen molar-refractivity contribution in [3.05, 3.63) is 71.0 Å². The van der Waals surface area contributed by atoms with E-state index in [0.29, 0.717) is 12.0 Å². The molecule has 1 saturated heterocycles. The van der Waals surface area contributed by atoms with Crippen LogP contribution in [0.4, 0.5) is 17.6 Å². The minimum absolute atomic E-state index is 0.0367. The molecule has 1 saturated carbocycles. The van der Waals surface area contributed by atoms with Crippen LogP contribution in [0.5, 0.6) is 0 Å². The molecule has 0 bridgehead atoms. The molecule has 35 heavy (non-hydrogen) atoms. The summed E-state index contributed by atoms with van der Waals surface area (Å²) >= 11 is 0. The lowest BCUT2D eigenvalue weighted by atomic mass is 9.63. The van der Waals surface area contributed by atoms with Gasteiger partial charge in [0, 0.05) is 25.7 Å². The molecule has 2 aromatic rings. The van der Waals surface area contributed by atoms with Crippen molar-refractivity contribution < 1.29 is 27.5 Å². The van der Waals surface area contributed by atoms with E-state index in [2.05, 4.69) is 5.32 Å². The van der Waals surface area contributed by atoms with Gasteiger partial charge in [-0.1, -0.05) is 48.4 Å². The zero-order valence-electron chi connectivity index (χ0n) is 19.9. The number of alkyl halides is 3. The van der Waals surface area contributed by atoms with Gasteiger partial charge in [-0.3, -0.25) is 9.69 Å². The van der Waals surface area contributed by atoms with Crippen LogP contribution in [-0.2, 0) is 16.6 Å². The van der Waals surface area contributed by atoms with E-state index < -0.39 is 30.0 Å².